The van der Waals surface area contributed by atoms with Crippen molar-refractivity contribution in [3.63, 3.8) is 0 Å². The number of rotatable bonds is 6. The number of nitrogens with one attached hydrogen (secondary N) is 1. The van der Waals surface area contributed by atoms with Crippen LogP contribution in [0.5, 0.6) is 5.75 Å². The molecule has 1 atom stereocenters. The van der Waals surface area contributed by atoms with Crippen LogP contribution in [0.1, 0.15) is 35.7 Å². The zero-order chi connectivity index (χ0) is 23.1. The number of carbonyl (C=O) groups excluding carboxylic acids is 2. The van der Waals surface area contributed by atoms with Gasteiger partial charge in [-0.2, -0.15) is 0 Å². The number of benzene rings is 1. The lowest BCUT2D eigenvalue weighted by Crippen LogP contribution is -2.57. The number of hydrogen-bond donors (Lipinski definition) is 1. The van der Waals surface area contributed by atoms with Crippen LogP contribution in [0.25, 0.3) is 0 Å². The average Bonchev–Trinajstić information content (AvgIpc) is 3.38. The maximum absolute atomic E-state index is 12.7. The Morgan fingerprint density at radius 3 is 2.30 bits per heavy atom. The summed E-state index contributed by atoms with van der Waals surface area (Å²) < 4.78 is 10.1. The highest BCUT2D eigenvalue weighted by Gasteiger charge is 2.30. The first-order valence-electron chi connectivity index (χ1n) is 11.2. The van der Waals surface area contributed by atoms with E-state index in [1.165, 1.54) is 14.2 Å². The second-order valence-corrected chi connectivity index (χ2v) is 8.16. The van der Waals surface area contributed by atoms with Gasteiger partial charge in [0.2, 0.25) is 5.91 Å². The zero-order valence-corrected chi connectivity index (χ0v) is 22.3. The molecule has 2 saturated heterocycles. The molecule has 0 bridgehead atoms. The van der Waals surface area contributed by atoms with Crippen LogP contribution in [-0.4, -0.2) is 99.1 Å². The number of aliphatic imine (C=N–C) groups is 1. The van der Waals surface area contributed by atoms with E-state index >= 15 is 0 Å². The maximum atomic E-state index is 12.7. The number of halogens is 1. The first kappa shape index (κ1) is 27.2. The number of nitrogens with zero attached hydrogens (tertiary/aromatic N) is 4. The minimum atomic E-state index is -0.424. The lowest BCUT2D eigenvalue weighted by molar-refractivity contribution is -0.135. The summed E-state index contributed by atoms with van der Waals surface area (Å²) in [5.74, 6) is 1.13. The predicted molar refractivity (Wildman–Crippen MR) is 138 cm³/mol. The fraction of sp³-hybridized carbons (Fsp3) is 0.609. The van der Waals surface area contributed by atoms with Crippen molar-refractivity contribution in [2.75, 3.05) is 60.5 Å². The van der Waals surface area contributed by atoms with Crippen molar-refractivity contribution >= 4 is 41.8 Å². The fourth-order valence-corrected chi connectivity index (χ4v) is 4.32. The van der Waals surface area contributed by atoms with E-state index in [2.05, 4.69) is 20.1 Å². The van der Waals surface area contributed by atoms with Gasteiger partial charge in [0.25, 0.3) is 0 Å². The summed E-state index contributed by atoms with van der Waals surface area (Å²) in [6, 6.07) is 5.34. The van der Waals surface area contributed by atoms with Crippen LogP contribution >= 0.6 is 24.0 Å². The van der Waals surface area contributed by atoms with Gasteiger partial charge in [-0.25, -0.2) is 4.79 Å². The third-order valence-electron chi connectivity index (χ3n) is 6.27. The van der Waals surface area contributed by atoms with Crippen LogP contribution in [-0.2, 0) is 16.1 Å². The summed E-state index contributed by atoms with van der Waals surface area (Å²) in [5.41, 5.74) is 1.37. The largest absolute Gasteiger partial charge is 0.496 e. The Labute approximate surface area is 213 Å². The van der Waals surface area contributed by atoms with E-state index < -0.39 is 5.97 Å². The Morgan fingerprint density at radius 1 is 1.06 bits per heavy atom. The molecular formula is C23H36IN5O4. The van der Waals surface area contributed by atoms with Gasteiger partial charge in [-0.15, -0.1) is 24.0 Å². The molecule has 1 N–H and O–H groups in total. The number of hydrogen-bond acceptors (Lipinski definition) is 6. The van der Waals surface area contributed by atoms with Gasteiger partial charge in [-0.05, 0) is 37.5 Å². The second kappa shape index (κ2) is 13.0. The standard InChI is InChI=1S/C23H35N5O4.HI/c1-17(21(29)27-9-5-6-10-27)26-11-13-28(14-12-26)23(24-2)25-16-18-7-8-19(22(30)32-4)20(15-18)31-3;/h7-8,15,17H,5-6,9-14,16H2,1-4H3,(H,24,25);1H. The Morgan fingerprint density at radius 2 is 1.73 bits per heavy atom. The van der Waals surface area contributed by atoms with Crippen molar-refractivity contribution in [1.82, 2.24) is 20.0 Å². The number of guanidine groups is 1. The molecule has 2 aliphatic rings. The van der Waals surface area contributed by atoms with E-state index in [0.29, 0.717) is 17.9 Å². The first-order chi connectivity index (χ1) is 15.5. The average molecular weight is 573 g/mol. The fourth-order valence-electron chi connectivity index (χ4n) is 4.32. The molecule has 0 saturated carbocycles. The molecule has 0 aromatic heterocycles. The Hall–Kier alpha value is -2.08. The maximum Gasteiger partial charge on any atom is 0.341 e. The molecule has 1 unspecified atom stereocenters. The van der Waals surface area contributed by atoms with Gasteiger partial charge in [0.15, 0.2) is 5.96 Å². The van der Waals surface area contributed by atoms with E-state index in [4.69, 9.17) is 9.47 Å². The van der Waals surface area contributed by atoms with Gasteiger partial charge in [0.05, 0.1) is 20.3 Å². The monoisotopic (exact) mass is 573 g/mol. The number of piperazine rings is 1. The summed E-state index contributed by atoms with van der Waals surface area (Å²) in [6.07, 6.45) is 2.23. The Bertz CT molecular complexity index is 836. The third-order valence-corrected chi connectivity index (χ3v) is 6.27. The molecule has 33 heavy (non-hydrogen) atoms. The first-order valence-corrected chi connectivity index (χ1v) is 11.2. The van der Waals surface area contributed by atoms with E-state index in [9.17, 15) is 9.59 Å². The molecule has 9 nitrogen and oxygen atoms in total. The van der Waals surface area contributed by atoms with Crippen molar-refractivity contribution in [3.05, 3.63) is 29.3 Å². The number of esters is 1. The molecule has 2 fully saturated rings. The van der Waals surface area contributed by atoms with E-state index in [-0.39, 0.29) is 35.9 Å². The highest BCUT2D eigenvalue weighted by molar-refractivity contribution is 14.0. The number of methoxy groups -OCH3 is 2. The van der Waals surface area contributed by atoms with Crippen molar-refractivity contribution < 1.29 is 19.1 Å². The van der Waals surface area contributed by atoms with Gasteiger partial charge < -0.3 is 24.6 Å². The molecule has 0 spiro atoms. The quantitative estimate of drug-likeness (QED) is 0.241. The molecule has 2 aliphatic heterocycles. The van der Waals surface area contributed by atoms with E-state index in [0.717, 1.165) is 63.6 Å². The highest BCUT2D eigenvalue weighted by Crippen LogP contribution is 2.21. The van der Waals surface area contributed by atoms with E-state index in [1.807, 2.05) is 24.0 Å². The second-order valence-electron chi connectivity index (χ2n) is 8.16. The summed E-state index contributed by atoms with van der Waals surface area (Å²) >= 11 is 0. The number of likely N-dealkylation sites (tertiary alicyclic amines) is 1. The Kier molecular flexibility index (Phi) is 10.7. The summed E-state index contributed by atoms with van der Waals surface area (Å²) in [5, 5.41) is 3.39. The van der Waals surface area contributed by atoms with Crippen LogP contribution in [0.4, 0.5) is 0 Å². The van der Waals surface area contributed by atoms with Crippen LogP contribution < -0.4 is 10.1 Å². The topological polar surface area (TPSA) is 86.7 Å². The summed E-state index contributed by atoms with van der Waals surface area (Å²) in [6.45, 7) is 7.62. The molecule has 1 amide bonds. The van der Waals surface area contributed by atoms with Crippen LogP contribution in [0.15, 0.2) is 23.2 Å². The summed E-state index contributed by atoms with van der Waals surface area (Å²) in [7, 11) is 4.66. The van der Waals surface area contributed by atoms with Gasteiger partial charge >= 0.3 is 5.97 Å². The summed E-state index contributed by atoms with van der Waals surface area (Å²) in [4.78, 5) is 35.5. The number of carbonyl (C=O) groups is 2. The smallest absolute Gasteiger partial charge is 0.341 e. The predicted octanol–water partition coefficient (Wildman–Crippen LogP) is 1.80. The van der Waals surface area contributed by atoms with Gasteiger partial charge in [0.1, 0.15) is 11.3 Å². The SMILES string of the molecule is CN=C(NCc1ccc(C(=O)OC)c(OC)c1)N1CCN(C(C)C(=O)N2CCCC2)CC1.I. The van der Waals surface area contributed by atoms with Crippen molar-refractivity contribution in [2.45, 2.75) is 32.4 Å². The molecule has 184 valence electrons. The Balaban J connectivity index is 0.00000385. The molecule has 0 aliphatic carbocycles. The van der Waals surface area contributed by atoms with Crippen LogP contribution in [0, 0.1) is 0 Å². The molecule has 1 aromatic rings. The van der Waals surface area contributed by atoms with Gasteiger partial charge in [-0.3, -0.25) is 14.7 Å². The molecule has 10 heteroatoms. The van der Waals surface area contributed by atoms with Gasteiger partial charge in [-0.1, -0.05) is 6.07 Å². The van der Waals surface area contributed by atoms with E-state index in [1.54, 1.807) is 13.1 Å². The highest BCUT2D eigenvalue weighted by atomic mass is 127. The van der Waals surface area contributed by atoms with Crippen LogP contribution in [0.3, 0.4) is 0 Å². The lowest BCUT2D eigenvalue weighted by atomic mass is 10.1. The third kappa shape index (κ3) is 6.72. The molecule has 3 rings (SSSR count). The van der Waals surface area contributed by atoms with Crippen molar-refractivity contribution in [3.8, 4) is 5.75 Å². The van der Waals surface area contributed by atoms with Gasteiger partial charge in [0, 0.05) is 52.9 Å². The lowest BCUT2D eigenvalue weighted by Gasteiger charge is -2.39. The van der Waals surface area contributed by atoms with Crippen molar-refractivity contribution in [1.29, 1.82) is 0 Å². The van der Waals surface area contributed by atoms with Crippen molar-refractivity contribution in [2.24, 2.45) is 4.99 Å². The van der Waals surface area contributed by atoms with Crippen LogP contribution in [0.2, 0.25) is 0 Å². The molecule has 1 aromatic carbocycles. The zero-order valence-electron chi connectivity index (χ0n) is 20.0. The number of amides is 1. The molecule has 2 heterocycles. The molecule has 0 radical (unpaired) electrons. The number of ether oxygens (including phenoxy) is 2. The normalized spacial score (nSPS) is 17.9. The minimum Gasteiger partial charge on any atom is -0.496 e. The minimum absolute atomic E-state index is 0. The molecular weight excluding hydrogens is 537 g/mol.